The van der Waals surface area contributed by atoms with E-state index in [4.69, 9.17) is 4.74 Å². The van der Waals surface area contributed by atoms with Crippen molar-refractivity contribution in [3.05, 3.63) is 90.0 Å². The number of rotatable bonds is 10. The van der Waals surface area contributed by atoms with Gasteiger partial charge in [-0.05, 0) is 73.7 Å². The molecule has 0 spiro atoms. The summed E-state index contributed by atoms with van der Waals surface area (Å²) in [7, 11) is 0. The van der Waals surface area contributed by atoms with Gasteiger partial charge in [0.25, 0.3) is 5.91 Å². The van der Waals surface area contributed by atoms with E-state index in [1.54, 1.807) is 12.1 Å². The number of benzene rings is 3. The predicted octanol–water partition coefficient (Wildman–Crippen LogP) is 5.77. The summed E-state index contributed by atoms with van der Waals surface area (Å²) < 4.78 is 5.83. The van der Waals surface area contributed by atoms with Crippen LogP contribution in [0.1, 0.15) is 48.0 Å². The van der Waals surface area contributed by atoms with Gasteiger partial charge in [-0.1, -0.05) is 49.2 Å². The molecule has 3 aromatic carbocycles. The van der Waals surface area contributed by atoms with Crippen molar-refractivity contribution in [1.82, 2.24) is 4.90 Å². The van der Waals surface area contributed by atoms with Gasteiger partial charge in [0.1, 0.15) is 5.75 Å². The molecule has 1 aliphatic rings. The zero-order chi connectivity index (χ0) is 25.0. The molecule has 1 saturated heterocycles. The van der Waals surface area contributed by atoms with E-state index >= 15 is 0 Å². The first-order valence-electron chi connectivity index (χ1n) is 12.9. The fourth-order valence-electron chi connectivity index (χ4n) is 4.35. The van der Waals surface area contributed by atoms with Crippen LogP contribution in [0.25, 0.3) is 0 Å². The van der Waals surface area contributed by atoms with Crippen LogP contribution < -0.4 is 15.4 Å². The fourth-order valence-corrected chi connectivity index (χ4v) is 4.35. The molecule has 0 unspecified atom stereocenters. The number of nitrogens with zero attached hydrogens (tertiary/aromatic N) is 1. The molecule has 1 fully saturated rings. The molecule has 188 valence electrons. The van der Waals surface area contributed by atoms with Gasteiger partial charge in [0, 0.05) is 30.0 Å². The van der Waals surface area contributed by atoms with E-state index in [2.05, 4.69) is 34.9 Å². The Balaban J connectivity index is 1.19. The molecule has 0 bridgehead atoms. The summed E-state index contributed by atoms with van der Waals surface area (Å²) in [4.78, 5) is 27.3. The largest absolute Gasteiger partial charge is 0.494 e. The SMILES string of the molecule is O=C(CNc1ccc(OCCCc2ccccc2)cc1)Nc1cccc(C(=O)N2CCCCCC2)c1. The van der Waals surface area contributed by atoms with Crippen molar-refractivity contribution in [3.8, 4) is 5.75 Å². The second kappa shape index (κ2) is 13.3. The molecule has 6 nitrogen and oxygen atoms in total. The molecule has 0 aromatic heterocycles. The number of anilines is 2. The Bertz CT molecular complexity index is 1110. The number of carbonyl (C=O) groups is 2. The Morgan fingerprint density at radius 1 is 0.806 bits per heavy atom. The average molecular weight is 486 g/mol. The molecule has 3 aromatic rings. The summed E-state index contributed by atoms with van der Waals surface area (Å²) in [6.45, 7) is 2.39. The third-order valence-corrected chi connectivity index (χ3v) is 6.32. The van der Waals surface area contributed by atoms with Crippen LogP contribution in [-0.4, -0.2) is 43.0 Å². The summed E-state index contributed by atoms with van der Waals surface area (Å²) in [6.07, 6.45) is 6.40. The van der Waals surface area contributed by atoms with Gasteiger partial charge in [-0.25, -0.2) is 0 Å². The van der Waals surface area contributed by atoms with Crippen LogP contribution >= 0.6 is 0 Å². The lowest BCUT2D eigenvalue weighted by atomic mass is 10.1. The molecule has 4 rings (SSSR count). The molecule has 0 radical (unpaired) electrons. The van der Waals surface area contributed by atoms with Crippen LogP contribution in [0.4, 0.5) is 11.4 Å². The maximum atomic E-state index is 12.9. The minimum absolute atomic E-state index is 0.0356. The number of amides is 2. The second-order valence-electron chi connectivity index (χ2n) is 9.15. The molecule has 0 aliphatic carbocycles. The summed E-state index contributed by atoms with van der Waals surface area (Å²) in [5.74, 6) is 0.674. The molecule has 1 heterocycles. The van der Waals surface area contributed by atoms with E-state index < -0.39 is 0 Å². The van der Waals surface area contributed by atoms with Crippen LogP contribution in [0.2, 0.25) is 0 Å². The minimum Gasteiger partial charge on any atom is -0.494 e. The lowest BCUT2D eigenvalue weighted by molar-refractivity contribution is -0.114. The number of aryl methyl sites for hydroxylation is 1. The van der Waals surface area contributed by atoms with Gasteiger partial charge in [-0.15, -0.1) is 0 Å². The van der Waals surface area contributed by atoms with E-state index in [1.807, 2.05) is 47.4 Å². The van der Waals surface area contributed by atoms with Crippen LogP contribution in [0.5, 0.6) is 5.75 Å². The third-order valence-electron chi connectivity index (χ3n) is 6.32. The van der Waals surface area contributed by atoms with E-state index in [0.717, 1.165) is 50.2 Å². The van der Waals surface area contributed by atoms with E-state index in [-0.39, 0.29) is 18.4 Å². The normalized spacial score (nSPS) is 13.5. The maximum absolute atomic E-state index is 12.9. The summed E-state index contributed by atoms with van der Waals surface area (Å²) in [5, 5.41) is 6.02. The third kappa shape index (κ3) is 7.87. The van der Waals surface area contributed by atoms with E-state index in [0.29, 0.717) is 17.9 Å². The molecule has 0 atom stereocenters. The monoisotopic (exact) mass is 485 g/mol. The molecule has 1 aliphatic heterocycles. The number of hydrogen-bond acceptors (Lipinski definition) is 4. The van der Waals surface area contributed by atoms with Crippen molar-refractivity contribution in [2.75, 3.05) is 36.9 Å². The van der Waals surface area contributed by atoms with Crippen LogP contribution in [0, 0.1) is 0 Å². The number of nitrogens with one attached hydrogen (secondary N) is 2. The minimum atomic E-state index is -0.171. The average Bonchev–Trinajstić information content (AvgIpc) is 3.21. The number of likely N-dealkylation sites (tertiary alicyclic amines) is 1. The Morgan fingerprint density at radius 3 is 2.31 bits per heavy atom. The maximum Gasteiger partial charge on any atom is 0.253 e. The first-order valence-corrected chi connectivity index (χ1v) is 12.9. The smallest absolute Gasteiger partial charge is 0.253 e. The van der Waals surface area contributed by atoms with Crippen LogP contribution in [0.15, 0.2) is 78.9 Å². The first-order chi connectivity index (χ1) is 17.7. The van der Waals surface area contributed by atoms with Gasteiger partial charge in [-0.2, -0.15) is 0 Å². The van der Waals surface area contributed by atoms with Crippen molar-refractivity contribution < 1.29 is 14.3 Å². The highest BCUT2D eigenvalue weighted by molar-refractivity contribution is 5.98. The van der Waals surface area contributed by atoms with Crippen LogP contribution in [0.3, 0.4) is 0 Å². The van der Waals surface area contributed by atoms with Crippen LogP contribution in [-0.2, 0) is 11.2 Å². The zero-order valence-electron chi connectivity index (χ0n) is 20.7. The van der Waals surface area contributed by atoms with Gasteiger partial charge in [0.15, 0.2) is 0 Å². The Kier molecular flexibility index (Phi) is 9.37. The van der Waals surface area contributed by atoms with Crippen molar-refractivity contribution in [2.24, 2.45) is 0 Å². The standard InChI is InChI=1S/C30H35N3O3/c34-29(32-27-14-8-13-25(22-27)30(35)33-19-6-1-2-7-20-33)23-31-26-15-17-28(18-16-26)36-21-9-12-24-10-4-3-5-11-24/h3-5,8,10-11,13-18,22,31H,1-2,6-7,9,12,19-21,23H2,(H,32,34). The number of ether oxygens (including phenoxy) is 1. The highest BCUT2D eigenvalue weighted by Crippen LogP contribution is 2.18. The number of carbonyl (C=O) groups excluding carboxylic acids is 2. The molecule has 2 N–H and O–H groups in total. The number of hydrogen-bond donors (Lipinski definition) is 2. The zero-order valence-corrected chi connectivity index (χ0v) is 20.7. The van der Waals surface area contributed by atoms with E-state index in [1.165, 1.54) is 18.4 Å². The molecule has 2 amide bonds. The lowest BCUT2D eigenvalue weighted by Crippen LogP contribution is -2.31. The highest BCUT2D eigenvalue weighted by atomic mass is 16.5. The quantitative estimate of drug-likeness (QED) is 0.358. The van der Waals surface area contributed by atoms with Gasteiger partial charge in [-0.3, -0.25) is 9.59 Å². The summed E-state index contributed by atoms with van der Waals surface area (Å²) >= 11 is 0. The van der Waals surface area contributed by atoms with Gasteiger partial charge in [0.2, 0.25) is 5.91 Å². The second-order valence-corrected chi connectivity index (χ2v) is 9.15. The summed E-state index contributed by atoms with van der Waals surface area (Å²) in [5.41, 5.74) is 3.39. The Morgan fingerprint density at radius 2 is 1.56 bits per heavy atom. The Hall–Kier alpha value is -3.80. The first kappa shape index (κ1) is 25.3. The molecule has 6 heteroatoms. The fraction of sp³-hybridized carbons (Fsp3) is 0.333. The lowest BCUT2D eigenvalue weighted by Gasteiger charge is -2.20. The van der Waals surface area contributed by atoms with Crippen molar-refractivity contribution >= 4 is 23.2 Å². The molecular weight excluding hydrogens is 450 g/mol. The topological polar surface area (TPSA) is 70.7 Å². The molecule has 36 heavy (non-hydrogen) atoms. The van der Waals surface area contributed by atoms with Crippen molar-refractivity contribution in [2.45, 2.75) is 38.5 Å². The van der Waals surface area contributed by atoms with Gasteiger partial charge >= 0.3 is 0 Å². The highest BCUT2D eigenvalue weighted by Gasteiger charge is 2.17. The van der Waals surface area contributed by atoms with Crippen molar-refractivity contribution in [3.63, 3.8) is 0 Å². The van der Waals surface area contributed by atoms with E-state index in [9.17, 15) is 9.59 Å². The van der Waals surface area contributed by atoms with Crippen molar-refractivity contribution in [1.29, 1.82) is 0 Å². The van der Waals surface area contributed by atoms with Gasteiger partial charge < -0.3 is 20.3 Å². The van der Waals surface area contributed by atoms with Gasteiger partial charge in [0.05, 0.1) is 13.2 Å². The summed E-state index contributed by atoms with van der Waals surface area (Å²) in [6, 6.07) is 25.2. The predicted molar refractivity (Wildman–Crippen MR) is 145 cm³/mol. The Labute approximate surface area is 213 Å². The molecule has 0 saturated carbocycles. The molecular formula is C30H35N3O3.